The molecule has 0 aliphatic rings. The van der Waals surface area contributed by atoms with Crippen molar-refractivity contribution < 1.29 is 24.0 Å². The zero-order valence-electron chi connectivity index (χ0n) is 18.7. The van der Waals surface area contributed by atoms with Crippen LogP contribution in [0.2, 0.25) is 0 Å². The van der Waals surface area contributed by atoms with Crippen LogP contribution in [-0.2, 0) is 0 Å². The van der Waals surface area contributed by atoms with Crippen molar-refractivity contribution in [2.24, 2.45) is 5.41 Å². The molecular weight excluding hydrogens is 400 g/mol. The third-order valence-electron chi connectivity index (χ3n) is 5.00. The Morgan fingerprint density at radius 3 is 2.19 bits per heavy atom. The van der Waals surface area contributed by atoms with Gasteiger partial charge < -0.3 is 10.0 Å². The summed E-state index contributed by atoms with van der Waals surface area (Å²) in [7, 11) is -1.85. The van der Waals surface area contributed by atoms with Gasteiger partial charge in [0.15, 0.2) is 0 Å². The van der Waals surface area contributed by atoms with Crippen LogP contribution in [-0.4, -0.2) is 45.0 Å². The minimum atomic E-state index is -1.85. The first-order valence-electron chi connectivity index (χ1n) is 10.1. The Morgan fingerprint density at radius 2 is 1.74 bits per heavy atom. The highest BCUT2D eigenvalue weighted by Gasteiger charge is 2.35. The van der Waals surface area contributed by atoms with Gasteiger partial charge in [-0.2, -0.15) is 0 Å². The van der Waals surface area contributed by atoms with Crippen LogP contribution in [0.15, 0.2) is 30.3 Å². The number of nitrogens with one attached hydrogen (secondary N) is 1. The largest absolute Gasteiger partial charge is 0.488 e. The second-order valence-corrected chi connectivity index (χ2v) is 8.66. The quantitative estimate of drug-likeness (QED) is 0.499. The monoisotopic (exact) mass is 429 g/mol. The fraction of sp³-hybridized carbons (Fsp3) is 0.409. The van der Waals surface area contributed by atoms with Gasteiger partial charge in [0.1, 0.15) is 5.82 Å². The van der Waals surface area contributed by atoms with Gasteiger partial charge >= 0.3 is 7.12 Å². The third-order valence-corrected chi connectivity index (χ3v) is 5.00. The fourth-order valence-electron chi connectivity index (χ4n) is 3.60. The Kier molecular flexibility index (Phi) is 7.56. The molecule has 0 spiro atoms. The first-order chi connectivity index (χ1) is 14.3. The fourth-order valence-corrected chi connectivity index (χ4v) is 3.60. The molecule has 1 aromatic carbocycles. The summed E-state index contributed by atoms with van der Waals surface area (Å²) in [4.78, 5) is 30.6. The zero-order valence-corrected chi connectivity index (χ0v) is 18.7. The van der Waals surface area contributed by atoms with E-state index in [0.717, 1.165) is 12.1 Å². The lowest BCUT2D eigenvalue weighted by atomic mass is 9.80. The lowest BCUT2D eigenvalue weighted by Crippen LogP contribution is -2.56. The van der Waals surface area contributed by atoms with Crippen molar-refractivity contribution >= 4 is 24.4 Å². The van der Waals surface area contributed by atoms with Crippen LogP contribution in [0.4, 0.5) is 4.39 Å². The maximum absolute atomic E-state index is 14.5. The first kappa shape index (κ1) is 24.5. The van der Waals surface area contributed by atoms with Crippen LogP contribution in [0.25, 0.3) is 0 Å². The Morgan fingerprint density at radius 1 is 1.16 bits per heavy atom. The van der Waals surface area contributed by atoms with Crippen molar-refractivity contribution in [3.8, 4) is 0 Å². The molecule has 2 rings (SSSR count). The molecular formula is C22H29BFN3O4. The molecule has 9 heteroatoms. The summed E-state index contributed by atoms with van der Waals surface area (Å²) in [5.74, 6) is -2.16. The summed E-state index contributed by atoms with van der Waals surface area (Å²) in [5.41, 5.74) is 3.52. The number of aromatic nitrogens is 1. The van der Waals surface area contributed by atoms with Crippen molar-refractivity contribution in [1.29, 1.82) is 0 Å². The van der Waals surface area contributed by atoms with Gasteiger partial charge in [-0.3, -0.25) is 20.0 Å². The molecule has 0 fully saturated rings. The topological polar surface area (TPSA) is 103 Å². The highest BCUT2D eigenvalue weighted by atomic mass is 19.1. The standard InChI is InChI=1S/C22H29BFN3O4/c1-7-19(22(4,5)6)27(21(29)15-10-13(2)25-14(3)11-15)26-20(28)17-9-8-16(23(30)31)12-18(17)24/h8-12,19,30-31H,7H2,1-6H3,(H,26,28). The van der Waals surface area contributed by atoms with Gasteiger partial charge in [0.05, 0.1) is 11.6 Å². The van der Waals surface area contributed by atoms with Crippen LogP contribution in [0.3, 0.4) is 0 Å². The Balaban J connectivity index is 2.46. The zero-order chi connectivity index (χ0) is 23.5. The van der Waals surface area contributed by atoms with Crippen LogP contribution in [0.5, 0.6) is 0 Å². The lowest BCUT2D eigenvalue weighted by molar-refractivity contribution is 0.0283. The maximum atomic E-state index is 14.5. The number of rotatable bonds is 5. The number of benzene rings is 1. The summed E-state index contributed by atoms with van der Waals surface area (Å²) in [6, 6.07) is 6.18. The highest BCUT2D eigenvalue weighted by Crippen LogP contribution is 2.27. The predicted octanol–water partition coefficient (Wildman–Crippen LogP) is 2.13. The Bertz CT molecular complexity index is 955. The summed E-state index contributed by atoms with van der Waals surface area (Å²) in [6.45, 7) is 11.3. The second-order valence-electron chi connectivity index (χ2n) is 8.66. The molecule has 0 aliphatic heterocycles. The van der Waals surface area contributed by atoms with Crippen molar-refractivity contribution in [1.82, 2.24) is 15.4 Å². The number of hydrogen-bond acceptors (Lipinski definition) is 5. The molecule has 1 atom stereocenters. The lowest BCUT2D eigenvalue weighted by Gasteiger charge is -2.39. The van der Waals surface area contributed by atoms with E-state index < -0.39 is 24.7 Å². The van der Waals surface area contributed by atoms with Crippen molar-refractivity contribution in [2.75, 3.05) is 0 Å². The van der Waals surface area contributed by atoms with Gasteiger partial charge in [0, 0.05) is 17.0 Å². The van der Waals surface area contributed by atoms with Crippen molar-refractivity contribution in [3.63, 3.8) is 0 Å². The number of pyridine rings is 1. The molecule has 2 aromatic rings. The minimum Gasteiger partial charge on any atom is -0.423 e. The van der Waals surface area contributed by atoms with Crippen LogP contribution < -0.4 is 10.9 Å². The SMILES string of the molecule is CCC(N(NC(=O)c1ccc(B(O)O)cc1F)C(=O)c1cc(C)nc(C)c1)C(C)(C)C. The molecule has 0 radical (unpaired) electrons. The number of carbonyl (C=O) groups excluding carboxylic acids is 2. The van der Waals surface area contributed by atoms with Gasteiger partial charge in [-0.1, -0.05) is 33.8 Å². The van der Waals surface area contributed by atoms with E-state index in [2.05, 4.69) is 10.4 Å². The molecule has 7 nitrogen and oxygen atoms in total. The van der Waals surface area contributed by atoms with Crippen LogP contribution in [0, 0.1) is 25.1 Å². The van der Waals surface area contributed by atoms with E-state index in [0.29, 0.717) is 23.4 Å². The number of hydrogen-bond donors (Lipinski definition) is 3. The average molecular weight is 429 g/mol. The number of amides is 2. The van der Waals surface area contributed by atoms with Gasteiger partial charge in [0.25, 0.3) is 11.8 Å². The summed E-state index contributed by atoms with van der Waals surface area (Å²) in [6.07, 6.45) is 0.552. The summed E-state index contributed by atoms with van der Waals surface area (Å²) >= 11 is 0. The molecule has 1 unspecified atom stereocenters. The van der Waals surface area contributed by atoms with E-state index in [-0.39, 0.29) is 22.5 Å². The number of carbonyl (C=O) groups is 2. The van der Waals surface area contributed by atoms with E-state index in [1.165, 1.54) is 11.1 Å². The van der Waals surface area contributed by atoms with E-state index >= 15 is 0 Å². The molecule has 31 heavy (non-hydrogen) atoms. The van der Waals surface area contributed by atoms with E-state index in [4.69, 9.17) is 0 Å². The molecule has 1 aromatic heterocycles. The number of nitrogens with zero attached hydrogens (tertiary/aromatic N) is 2. The second kappa shape index (κ2) is 9.57. The Labute approximate surface area is 182 Å². The molecule has 0 saturated carbocycles. The first-order valence-corrected chi connectivity index (χ1v) is 10.1. The van der Waals surface area contributed by atoms with Crippen LogP contribution in [0.1, 0.15) is 66.2 Å². The minimum absolute atomic E-state index is 0.0779. The van der Waals surface area contributed by atoms with E-state index in [9.17, 15) is 24.0 Å². The van der Waals surface area contributed by atoms with Gasteiger partial charge in [-0.05, 0) is 55.4 Å². The molecule has 0 aliphatic carbocycles. The smallest absolute Gasteiger partial charge is 0.423 e. The molecule has 2 amide bonds. The van der Waals surface area contributed by atoms with Gasteiger partial charge in [-0.25, -0.2) is 9.40 Å². The van der Waals surface area contributed by atoms with E-state index in [1.807, 2.05) is 27.7 Å². The maximum Gasteiger partial charge on any atom is 0.488 e. The summed E-state index contributed by atoms with van der Waals surface area (Å²) in [5, 5.41) is 19.6. The highest BCUT2D eigenvalue weighted by molar-refractivity contribution is 6.58. The Hall–Kier alpha value is -2.78. The third kappa shape index (κ3) is 5.89. The van der Waals surface area contributed by atoms with E-state index in [1.54, 1.807) is 26.0 Å². The number of halogens is 1. The summed E-state index contributed by atoms with van der Waals surface area (Å²) < 4.78 is 14.5. The van der Waals surface area contributed by atoms with Crippen molar-refractivity contribution in [3.05, 3.63) is 58.7 Å². The molecule has 166 valence electrons. The normalized spacial score (nSPS) is 12.3. The number of hydrazine groups is 1. The number of aryl methyl sites for hydroxylation is 2. The van der Waals surface area contributed by atoms with Gasteiger partial charge in [-0.15, -0.1) is 0 Å². The van der Waals surface area contributed by atoms with Crippen LogP contribution >= 0.6 is 0 Å². The molecule has 3 N–H and O–H groups in total. The molecule has 0 bridgehead atoms. The van der Waals surface area contributed by atoms with Gasteiger partial charge in [0.2, 0.25) is 0 Å². The predicted molar refractivity (Wildman–Crippen MR) is 117 cm³/mol. The molecule has 1 heterocycles. The molecule has 0 saturated heterocycles. The van der Waals surface area contributed by atoms with Crippen molar-refractivity contribution in [2.45, 2.75) is 54.0 Å². The average Bonchev–Trinajstić information content (AvgIpc) is 2.65.